The molecule has 0 bridgehead atoms. The van der Waals surface area contributed by atoms with Gasteiger partial charge in [0.1, 0.15) is 0 Å². The molecule has 2 aliphatic heterocycles. The van der Waals surface area contributed by atoms with Gasteiger partial charge in [0.05, 0.1) is 6.04 Å². The number of hydrogen-bond acceptors (Lipinski definition) is 6. The third-order valence-electron chi connectivity index (χ3n) is 5.81. The van der Waals surface area contributed by atoms with Gasteiger partial charge in [-0.2, -0.15) is 0 Å². The van der Waals surface area contributed by atoms with E-state index < -0.39 is 0 Å². The van der Waals surface area contributed by atoms with Crippen LogP contribution in [0.15, 0.2) is 28.9 Å². The number of carbonyl (C=O) groups is 1. The number of hydrogen-bond donors (Lipinski definition) is 0. The van der Waals surface area contributed by atoms with E-state index in [4.69, 9.17) is 4.42 Å². The summed E-state index contributed by atoms with van der Waals surface area (Å²) in [7, 11) is 0. The van der Waals surface area contributed by atoms with Gasteiger partial charge in [-0.15, -0.1) is 10.2 Å². The number of amides is 1. The quantitative estimate of drug-likeness (QED) is 0.841. The predicted molar refractivity (Wildman–Crippen MR) is 95.0 cm³/mol. The Labute approximate surface area is 153 Å². The molecule has 2 aliphatic rings. The molecule has 7 heteroatoms. The van der Waals surface area contributed by atoms with Crippen LogP contribution in [0.1, 0.15) is 49.6 Å². The number of pyridine rings is 1. The van der Waals surface area contributed by atoms with Crippen molar-refractivity contribution >= 4 is 5.91 Å². The minimum Gasteiger partial charge on any atom is -0.424 e. The van der Waals surface area contributed by atoms with E-state index in [1.165, 1.54) is 5.56 Å². The van der Waals surface area contributed by atoms with Gasteiger partial charge in [-0.3, -0.25) is 14.7 Å². The number of aryl methyl sites for hydroxylation is 1. The first-order chi connectivity index (χ1) is 12.5. The molecule has 0 radical (unpaired) electrons. The van der Waals surface area contributed by atoms with E-state index in [2.05, 4.69) is 26.1 Å². The van der Waals surface area contributed by atoms with Gasteiger partial charge in [-0.1, -0.05) is 6.07 Å². The minimum absolute atomic E-state index is 0.125. The molecular weight excluding hydrogens is 330 g/mol. The Balaban J connectivity index is 1.55. The fourth-order valence-corrected chi connectivity index (χ4v) is 4.39. The van der Waals surface area contributed by atoms with Gasteiger partial charge in [0, 0.05) is 52.4 Å². The fraction of sp³-hybridized carbons (Fsp3) is 0.579. The zero-order valence-corrected chi connectivity index (χ0v) is 15.4. The fourth-order valence-electron chi connectivity index (χ4n) is 4.39. The molecule has 7 nitrogen and oxygen atoms in total. The lowest BCUT2D eigenvalue weighted by Crippen LogP contribution is -2.43. The van der Waals surface area contributed by atoms with Crippen LogP contribution in [0.4, 0.5) is 0 Å². The average Bonchev–Trinajstić information content (AvgIpc) is 3.20. The molecule has 1 spiro atoms. The lowest BCUT2D eigenvalue weighted by atomic mass is 9.76. The zero-order valence-electron chi connectivity index (χ0n) is 15.4. The maximum absolute atomic E-state index is 11.7. The van der Waals surface area contributed by atoms with Crippen molar-refractivity contribution in [3.05, 3.63) is 41.9 Å². The van der Waals surface area contributed by atoms with E-state index in [0.717, 1.165) is 45.4 Å². The Bertz CT molecular complexity index is 767. The van der Waals surface area contributed by atoms with Crippen LogP contribution in [0.2, 0.25) is 0 Å². The summed E-state index contributed by atoms with van der Waals surface area (Å²) in [6.45, 7) is 6.97. The van der Waals surface area contributed by atoms with Crippen LogP contribution in [0, 0.1) is 12.3 Å². The normalized spacial score (nSPS) is 22.8. The maximum atomic E-state index is 11.7. The standard InChI is InChI=1S/C19H25N5O2/c1-14-21-22-18(26-14)17-10-19(5-8-23(9-6-19)15(2)25)13-24(17)12-16-4-3-7-20-11-16/h3-4,7,11,17H,5-6,8-10,12-13H2,1-2H3. The molecule has 2 aromatic rings. The molecule has 2 fully saturated rings. The molecular formula is C19H25N5O2. The molecule has 2 saturated heterocycles. The van der Waals surface area contributed by atoms with Crippen molar-refractivity contribution in [1.29, 1.82) is 0 Å². The third-order valence-corrected chi connectivity index (χ3v) is 5.81. The van der Waals surface area contributed by atoms with Crippen LogP contribution in [-0.4, -0.2) is 50.5 Å². The first kappa shape index (κ1) is 17.1. The number of piperidine rings is 1. The van der Waals surface area contributed by atoms with Crippen molar-refractivity contribution < 1.29 is 9.21 Å². The zero-order chi connectivity index (χ0) is 18.1. The topological polar surface area (TPSA) is 75.4 Å². The second kappa shape index (κ2) is 6.79. The Hall–Kier alpha value is -2.28. The highest BCUT2D eigenvalue weighted by molar-refractivity contribution is 5.73. The van der Waals surface area contributed by atoms with Crippen molar-refractivity contribution in [2.24, 2.45) is 5.41 Å². The Morgan fingerprint density at radius 1 is 1.35 bits per heavy atom. The maximum Gasteiger partial charge on any atom is 0.233 e. The van der Waals surface area contributed by atoms with Crippen molar-refractivity contribution in [2.45, 2.75) is 45.7 Å². The summed E-state index contributed by atoms with van der Waals surface area (Å²) in [6, 6.07) is 4.20. The van der Waals surface area contributed by atoms with Crippen LogP contribution >= 0.6 is 0 Å². The number of nitrogens with zero attached hydrogens (tertiary/aromatic N) is 5. The molecule has 2 aromatic heterocycles. The predicted octanol–water partition coefficient (Wildman–Crippen LogP) is 2.35. The number of likely N-dealkylation sites (tertiary alicyclic amines) is 2. The highest BCUT2D eigenvalue weighted by Crippen LogP contribution is 2.49. The van der Waals surface area contributed by atoms with E-state index in [0.29, 0.717) is 11.8 Å². The van der Waals surface area contributed by atoms with E-state index in [1.807, 2.05) is 24.1 Å². The van der Waals surface area contributed by atoms with Gasteiger partial charge in [0.25, 0.3) is 0 Å². The Kier molecular flexibility index (Phi) is 4.48. The second-order valence-corrected chi connectivity index (χ2v) is 7.65. The summed E-state index contributed by atoms with van der Waals surface area (Å²) in [6.07, 6.45) is 6.77. The summed E-state index contributed by atoms with van der Waals surface area (Å²) in [4.78, 5) is 20.3. The summed E-state index contributed by atoms with van der Waals surface area (Å²) in [5, 5.41) is 8.34. The molecule has 1 atom stereocenters. The molecule has 0 N–H and O–H groups in total. The summed E-state index contributed by atoms with van der Waals surface area (Å²) < 4.78 is 5.78. The van der Waals surface area contributed by atoms with Crippen molar-refractivity contribution in [3.63, 3.8) is 0 Å². The Morgan fingerprint density at radius 2 is 2.15 bits per heavy atom. The lowest BCUT2D eigenvalue weighted by molar-refractivity contribution is -0.131. The molecule has 0 aromatic carbocycles. The minimum atomic E-state index is 0.125. The molecule has 1 unspecified atom stereocenters. The van der Waals surface area contributed by atoms with Crippen molar-refractivity contribution in [3.8, 4) is 0 Å². The summed E-state index contributed by atoms with van der Waals surface area (Å²) in [5.74, 6) is 1.49. The van der Waals surface area contributed by atoms with E-state index in [1.54, 1.807) is 13.1 Å². The summed E-state index contributed by atoms with van der Waals surface area (Å²) >= 11 is 0. The van der Waals surface area contributed by atoms with Crippen LogP contribution in [0.25, 0.3) is 0 Å². The SMILES string of the molecule is CC(=O)N1CCC2(CC1)CC(c1nnc(C)o1)N(Cc1cccnc1)C2. The van der Waals surface area contributed by atoms with E-state index in [-0.39, 0.29) is 17.4 Å². The largest absolute Gasteiger partial charge is 0.424 e. The first-order valence-electron chi connectivity index (χ1n) is 9.23. The highest BCUT2D eigenvalue weighted by atomic mass is 16.4. The van der Waals surface area contributed by atoms with Crippen LogP contribution in [0.3, 0.4) is 0 Å². The van der Waals surface area contributed by atoms with E-state index in [9.17, 15) is 4.79 Å². The average molecular weight is 355 g/mol. The first-order valence-corrected chi connectivity index (χ1v) is 9.23. The molecule has 138 valence electrons. The van der Waals surface area contributed by atoms with E-state index >= 15 is 0 Å². The molecule has 0 saturated carbocycles. The number of rotatable bonds is 3. The lowest BCUT2D eigenvalue weighted by Gasteiger charge is -2.39. The second-order valence-electron chi connectivity index (χ2n) is 7.65. The highest BCUT2D eigenvalue weighted by Gasteiger charge is 2.47. The molecule has 1 amide bonds. The van der Waals surface area contributed by atoms with Gasteiger partial charge < -0.3 is 9.32 Å². The van der Waals surface area contributed by atoms with Gasteiger partial charge in [0.2, 0.25) is 17.7 Å². The monoisotopic (exact) mass is 355 g/mol. The third kappa shape index (κ3) is 3.35. The van der Waals surface area contributed by atoms with Crippen LogP contribution in [0.5, 0.6) is 0 Å². The van der Waals surface area contributed by atoms with Gasteiger partial charge in [-0.25, -0.2) is 0 Å². The van der Waals surface area contributed by atoms with Crippen LogP contribution < -0.4 is 0 Å². The van der Waals surface area contributed by atoms with Gasteiger partial charge in [0.15, 0.2) is 0 Å². The Morgan fingerprint density at radius 3 is 2.77 bits per heavy atom. The van der Waals surface area contributed by atoms with Crippen LogP contribution in [-0.2, 0) is 11.3 Å². The molecule has 26 heavy (non-hydrogen) atoms. The smallest absolute Gasteiger partial charge is 0.233 e. The van der Waals surface area contributed by atoms with Crippen molar-refractivity contribution in [1.82, 2.24) is 25.0 Å². The molecule has 0 aliphatic carbocycles. The summed E-state index contributed by atoms with van der Waals surface area (Å²) in [5.41, 5.74) is 1.40. The molecule has 4 heterocycles. The number of carbonyl (C=O) groups excluding carboxylic acids is 1. The number of aromatic nitrogens is 3. The van der Waals surface area contributed by atoms with Gasteiger partial charge in [-0.05, 0) is 36.3 Å². The van der Waals surface area contributed by atoms with Gasteiger partial charge >= 0.3 is 0 Å². The van der Waals surface area contributed by atoms with Crippen molar-refractivity contribution in [2.75, 3.05) is 19.6 Å². The molecule has 4 rings (SSSR count).